The predicted octanol–water partition coefficient (Wildman–Crippen LogP) is 7.30. The molecule has 0 saturated heterocycles. The van der Waals surface area contributed by atoms with E-state index in [0.29, 0.717) is 28.3 Å². The molecule has 1 amide bonds. The summed E-state index contributed by atoms with van der Waals surface area (Å²) in [5.41, 5.74) is 4.19. The Morgan fingerprint density at radius 3 is 2.39 bits per heavy atom. The fourth-order valence-electron chi connectivity index (χ4n) is 5.35. The molecule has 1 fully saturated rings. The molecule has 0 unspecified atom stereocenters. The summed E-state index contributed by atoms with van der Waals surface area (Å²) in [7, 11) is 4.11. The van der Waals surface area contributed by atoms with Gasteiger partial charge in [0.05, 0.1) is 17.8 Å². The summed E-state index contributed by atoms with van der Waals surface area (Å²) in [6, 6.07) is 18.1. The lowest BCUT2D eigenvalue weighted by molar-refractivity contribution is 0.0916. The van der Waals surface area contributed by atoms with Gasteiger partial charge in [0.2, 0.25) is 0 Å². The molecule has 0 bridgehead atoms. The van der Waals surface area contributed by atoms with Crippen LogP contribution < -0.4 is 15.5 Å². The molecular weight excluding hydrogens is 555 g/mol. The molecule has 2 aromatic heterocycles. The molecule has 216 valence electrons. The molecule has 0 radical (unpaired) electrons. The van der Waals surface area contributed by atoms with Gasteiger partial charge >= 0.3 is 0 Å². The van der Waals surface area contributed by atoms with Crippen molar-refractivity contribution in [1.29, 1.82) is 0 Å². The molecule has 9 heteroatoms. The van der Waals surface area contributed by atoms with Crippen molar-refractivity contribution < 1.29 is 4.79 Å². The minimum Gasteiger partial charge on any atom is -0.377 e. The number of anilines is 2. The van der Waals surface area contributed by atoms with Crippen LogP contribution in [0.1, 0.15) is 68.2 Å². The average Bonchev–Trinajstić information content (AvgIpc) is 3.36. The van der Waals surface area contributed by atoms with Crippen LogP contribution in [-0.2, 0) is 12.0 Å². The molecule has 0 spiro atoms. The molecule has 5 rings (SSSR count). The molecule has 0 atom stereocenters. The summed E-state index contributed by atoms with van der Waals surface area (Å²) in [6.45, 7) is 6.67. The number of carbonyl (C=O) groups is 1. The number of halogens is 2. The second-order valence-corrected chi connectivity index (χ2v) is 13.0. The summed E-state index contributed by atoms with van der Waals surface area (Å²) >= 11 is 12.5. The second kappa shape index (κ2) is 11.9. The highest BCUT2D eigenvalue weighted by molar-refractivity contribution is 6.35. The number of pyridine rings is 1. The van der Waals surface area contributed by atoms with Crippen molar-refractivity contribution >= 4 is 51.5 Å². The highest BCUT2D eigenvalue weighted by Crippen LogP contribution is 2.30. The van der Waals surface area contributed by atoms with Gasteiger partial charge in [0.15, 0.2) is 0 Å². The maximum absolute atomic E-state index is 13.5. The van der Waals surface area contributed by atoms with E-state index in [1.807, 2.05) is 24.3 Å². The first-order valence-corrected chi connectivity index (χ1v) is 14.9. The fraction of sp³-hybridized carbons (Fsp3) is 0.406. The maximum Gasteiger partial charge on any atom is 0.269 e. The fourth-order valence-corrected chi connectivity index (χ4v) is 5.82. The molecule has 41 heavy (non-hydrogen) atoms. The lowest BCUT2D eigenvalue weighted by Gasteiger charge is -2.30. The Morgan fingerprint density at radius 2 is 1.71 bits per heavy atom. The highest BCUT2D eigenvalue weighted by Gasteiger charge is 2.27. The van der Waals surface area contributed by atoms with Gasteiger partial charge in [0, 0.05) is 58.8 Å². The van der Waals surface area contributed by atoms with Gasteiger partial charge in [-0.25, -0.2) is 4.98 Å². The molecule has 4 aromatic rings. The Labute approximate surface area is 252 Å². The van der Waals surface area contributed by atoms with Crippen LogP contribution in [0, 0.1) is 0 Å². The van der Waals surface area contributed by atoms with E-state index in [2.05, 4.69) is 68.6 Å². The van der Waals surface area contributed by atoms with E-state index < -0.39 is 0 Å². The number of aromatic nitrogens is 3. The summed E-state index contributed by atoms with van der Waals surface area (Å²) in [5.74, 6) is 0.778. The van der Waals surface area contributed by atoms with E-state index >= 15 is 0 Å². The second-order valence-electron chi connectivity index (χ2n) is 12.2. The van der Waals surface area contributed by atoms with Crippen molar-refractivity contribution in [2.24, 2.45) is 0 Å². The van der Waals surface area contributed by atoms with Gasteiger partial charge in [0.25, 0.3) is 5.91 Å². The number of nitrogens with one attached hydrogen (secondary N) is 2. The van der Waals surface area contributed by atoms with E-state index in [0.717, 1.165) is 59.3 Å². The van der Waals surface area contributed by atoms with Gasteiger partial charge in [-0.05, 0) is 55.5 Å². The van der Waals surface area contributed by atoms with Crippen molar-refractivity contribution in [3.63, 3.8) is 0 Å². The van der Waals surface area contributed by atoms with E-state index in [9.17, 15) is 4.79 Å². The number of fused-ring (bicyclic) bond motifs is 1. The summed E-state index contributed by atoms with van der Waals surface area (Å²) in [5, 5.41) is 14.0. The van der Waals surface area contributed by atoms with Crippen LogP contribution in [0.25, 0.3) is 10.9 Å². The first-order valence-electron chi connectivity index (χ1n) is 14.1. The minimum atomic E-state index is -0.197. The van der Waals surface area contributed by atoms with Gasteiger partial charge in [-0.15, -0.1) is 0 Å². The highest BCUT2D eigenvalue weighted by atomic mass is 35.5. The van der Waals surface area contributed by atoms with Crippen molar-refractivity contribution in [3.05, 3.63) is 81.6 Å². The smallest absolute Gasteiger partial charge is 0.269 e. The lowest BCUT2D eigenvalue weighted by atomic mass is 9.90. The number of hydrogen-bond donors (Lipinski definition) is 2. The maximum atomic E-state index is 13.5. The van der Waals surface area contributed by atoms with Crippen molar-refractivity contribution in [2.45, 2.75) is 70.5 Å². The molecule has 2 heterocycles. The molecule has 1 aliphatic carbocycles. The Morgan fingerprint density at radius 1 is 1.00 bits per heavy atom. The van der Waals surface area contributed by atoms with Crippen molar-refractivity contribution in [3.8, 4) is 0 Å². The number of carbonyl (C=O) groups excluding carboxylic acids is 1. The first-order chi connectivity index (χ1) is 19.5. The third-order valence-corrected chi connectivity index (χ3v) is 8.29. The molecule has 1 saturated carbocycles. The summed E-state index contributed by atoms with van der Waals surface area (Å²) in [4.78, 5) is 20.5. The van der Waals surface area contributed by atoms with Crippen LogP contribution in [0.4, 0.5) is 11.5 Å². The monoisotopic (exact) mass is 592 g/mol. The molecule has 7 nitrogen and oxygen atoms in total. The average molecular weight is 594 g/mol. The quantitative estimate of drug-likeness (QED) is 0.235. The molecule has 2 aromatic carbocycles. The zero-order valence-electron chi connectivity index (χ0n) is 24.3. The van der Waals surface area contributed by atoms with Crippen molar-refractivity contribution in [2.75, 3.05) is 24.3 Å². The number of para-hydroxylation sites is 1. The summed E-state index contributed by atoms with van der Waals surface area (Å²) < 4.78 is 1.76. The molecule has 1 aliphatic rings. The molecular formula is C32H38Cl2N6O. The standard InChI is InChI=1S/C32H38Cl2N6O/c1-32(2,3)29-17-28(40(38-29)19-20-10-11-21(33)16-25(20)34)31(41)36-23-14-12-22(13-15-23)35-30-18-27(39(4)5)24-8-6-7-9-26(24)37-30/h6-11,16-18,22-23H,12-15,19H2,1-5H3,(H,35,37)(H,36,41). The number of hydrogen-bond acceptors (Lipinski definition) is 5. The predicted molar refractivity (Wildman–Crippen MR) is 170 cm³/mol. The summed E-state index contributed by atoms with van der Waals surface area (Å²) in [6.07, 6.45) is 3.68. The lowest BCUT2D eigenvalue weighted by Crippen LogP contribution is -2.41. The SMILES string of the molecule is CN(C)c1cc(NC2CCC(NC(=O)c3cc(C(C)(C)C)nn3Cc3ccc(Cl)cc3Cl)CC2)nc2ccccc12. The largest absolute Gasteiger partial charge is 0.377 e. The van der Waals surface area contributed by atoms with Gasteiger partial charge in [-0.2, -0.15) is 5.10 Å². The topological polar surface area (TPSA) is 75.1 Å². The van der Waals surface area contributed by atoms with Crippen molar-refractivity contribution in [1.82, 2.24) is 20.1 Å². The van der Waals surface area contributed by atoms with E-state index in [4.69, 9.17) is 33.3 Å². The van der Waals surface area contributed by atoms with E-state index in [1.165, 1.54) is 0 Å². The van der Waals surface area contributed by atoms with Crippen LogP contribution in [0.5, 0.6) is 0 Å². The normalized spacial score (nSPS) is 17.4. The van der Waals surface area contributed by atoms with E-state index in [1.54, 1.807) is 16.8 Å². The van der Waals surface area contributed by atoms with Crippen LogP contribution in [-0.4, -0.2) is 46.9 Å². The number of amides is 1. The first kappa shape index (κ1) is 29.2. The third kappa shape index (κ3) is 6.79. The van der Waals surface area contributed by atoms with Gasteiger partial charge in [-0.3, -0.25) is 9.48 Å². The van der Waals surface area contributed by atoms with Gasteiger partial charge in [0.1, 0.15) is 11.5 Å². The zero-order valence-corrected chi connectivity index (χ0v) is 25.9. The zero-order chi connectivity index (χ0) is 29.3. The Kier molecular flexibility index (Phi) is 8.48. The third-order valence-electron chi connectivity index (χ3n) is 7.71. The van der Waals surface area contributed by atoms with Crippen LogP contribution in [0.2, 0.25) is 10.0 Å². The van der Waals surface area contributed by atoms with Gasteiger partial charge in [-0.1, -0.05) is 68.2 Å². The van der Waals surface area contributed by atoms with Gasteiger partial charge < -0.3 is 15.5 Å². The van der Waals surface area contributed by atoms with Crippen LogP contribution in [0.3, 0.4) is 0 Å². The Bertz CT molecular complexity index is 1550. The van der Waals surface area contributed by atoms with Crippen LogP contribution >= 0.6 is 23.2 Å². The number of benzene rings is 2. The Hall–Kier alpha value is -3.29. The minimum absolute atomic E-state index is 0.100. The number of rotatable bonds is 7. The molecule has 0 aliphatic heterocycles. The van der Waals surface area contributed by atoms with E-state index in [-0.39, 0.29) is 17.4 Å². The number of nitrogens with zero attached hydrogens (tertiary/aromatic N) is 4. The Balaban J connectivity index is 1.25. The molecule has 2 N–H and O–H groups in total. The van der Waals surface area contributed by atoms with Crippen LogP contribution in [0.15, 0.2) is 54.6 Å².